The highest BCUT2D eigenvalue weighted by Crippen LogP contribution is 2.10. The lowest BCUT2D eigenvalue weighted by atomic mass is 10.1. The van der Waals surface area contributed by atoms with E-state index in [1.807, 2.05) is 0 Å². The first-order chi connectivity index (χ1) is 11.2. The molecule has 0 radical (unpaired) electrons. The molecular weight excluding hydrogens is 288 g/mol. The van der Waals surface area contributed by atoms with Gasteiger partial charge in [-0.1, -0.05) is 63.3 Å². The fourth-order valence-electron chi connectivity index (χ4n) is 2.48. The van der Waals surface area contributed by atoms with E-state index < -0.39 is 5.97 Å². The average molecular weight is 323 g/mol. The maximum atomic E-state index is 10.2. The first kappa shape index (κ1) is 21.9. The second kappa shape index (κ2) is 17.3. The number of aliphatic carboxylic acids is 1. The molecule has 0 bridgehead atoms. The topological polar surface area (TPSA) is 60.4 Å². The third kappa shape index (κ3) is 18.9. The first-order valence-electron chi connectivity index (χ1n) is 9.34. The standard InChI is InChI=1S/C20H36O3/c1-2-3-4-13-16-19(21)17-14-11-9-7-5-6-8-10-12-15-18-20(22)23/h3-4,11,14,19,21H,2,5-10,12-13,15-18H2,1H3,(H,22,23)/p-1/b4-3-,14-11-. The molecule has 0 aliphatic carbocycles. The largest absolute Gasteiger partial charge is 0.550 e. The van der Waals surface area contributed by atoms with Crippen molar-refractivity contribution in [2.45, 2.75) is 96.5 Å². The van der Waals surface area contributed by atoms with Crippen LogP contribution in [-0.4, -0.2) is 17.2 Å². The number of carbonyl (C=O) groups excluding carboxylic acids is 1. The molecule has 3 heteroatoms. The summed E-state index contributed by atoms with van der Waals surface area (Å²) in [6.45, 7) is 2.12. The Balaban J connectivity index is 3.27. The van der Waals surface area contributed by atoms with E-state index in [2.05, 4.69) is 31.2 Å². The molecule has 1 N–H and O–H groups in total. The molecule has 1 unspecified atom stereocenters. The molecule has 0 spiro atoms. The predicted octanol–water partition coefficient (Wildman–Crippen LogP) is 4.30. The zero-order chi connectivity index (χ0) is 17.2. The summed E-state index contributed by atoms with van der Waals surface area (Å²) < 4.78 is 0. The Labute approximate surface area is 142 Å². The van der Waals surface area contributed by atoms with Crippen LogP contribution in [0.4, 0.5) is 0 Å². The number of carboxylic acid groups (broad SMARTS) is 1. The van der Waals surface area contributed by atoms with Gasteiger partial charge in [0.15, 0.2) is 0 Å². The fraction of sp³-hybridized carbons (Fsp3) is 0.750. The minimum atomic E-state index is -0.931. The Hall–Kier alpha value is -1.09. The van der Waals surface area contributed by atoms with Gasteiger partial charge in [0, 0.05) is 5.97 Å². The number of aliphatic hydroxyl groups excluding tert-OH is 1. The smallest absolute Gasteiger partial charge is 0.0577 e. The van der Waals surface area contributed by atoms with E-state index in [9.17, 15) is 15.0 Å². The number of aliphatic hydroxyl groups is 1. The molecule has 0 aliphatic heterocycles. The van der Waals surface area contributed by atoms with Crippen LogP contribution in [0.15, 0.2) is 24.3 Å². The molecule has 0 aliphatic rings. The Morgan fingerprint density at radius 2 is 1.52 bits per heavy atom. The summed E-state index contributed by atoms with van der Waals surface area (Å²) in [7, 11) is 0. The molecule has 3 nitrogen and oxygen atoms in total. The molecule has 0 heterocycles. The predicted molar refractivity (Wildman–Crippen MR) is 95.0 cm³/mol. The van der Waals surface area contributed by atoms with Gasteiger partial charge in [-0.2, -0.15) is 0 Å². The van der Waals surface area contributed by atoms with Crippen molar-refractivity contribution in [3.63, 3.8) is 0 Å². The zero-order valence-electron chi connectivity index (χ0n) is 14.8. The summed E-state index contributed by atoms with van der Waals surface area (Å²) in [5.74, 6) is -0.931. The van der Waals surface area contributed by atoms with Gasteiger partial charge in [0.2, 0.25) is 0 Å². The van der Waals surface area contributed by atoms with E-state index in [0.29, 0.717) is 0 Å². The van der Waals surface area contributed by atoms with Crippen LogP contribution in [0.25, 0.3) is 0 Å². The van der Waals surface area contributed by atoms with Crippen molar-refractivity contribution >= 4 is 5.97 Å². The molecule has 0 saturated heterocycles. The van der Waals surface area contributed by atoms with Crippen molar-refractivity contribution in [1.29, 1.82) is 0 Å². The van der Waals surface area contributed by atoms with Crippen LogP contribution in [0.2, 0.25) is 0 Å². The van der Waals surface area contributed by atoms with Gasteiger partial charge in [0.05, 0.1) is 6.10 Å². The van der Waals surface area contributed by atoms with Crippen molar-refractivity contribution in [3.05, 3.63) is 24.3 Å². The van der Waals surface area contributed by atoms with E-state index in [0.717, 1.165) is 51.4 Å². The lowest BCUT2D eigenvalue weighted by molar-refractivity contribution is -0.305. The maximum Gasteiger partial charge on any atom is 0.0577 e. The van der Waals surface area contributed by atoms with Gasteiger partial charge in [-0.25, -0.2) is 0 Å². The Morgan fingerprint density at radius 1 is 0.913 bits per heavy atom. The molecule has 134 valence electrons. The van der Waals surface area contributed by atoms with Crippen LogP contribution in [0.3, 0.4) is 0 Å². The van der Waals surface area contributed by atoms with E-state index >= 15 is 0 Å². The monoisotopic (exact) mass is 323 g/mol. The van der Waals surface area contributed by atoms with Crippen molar-refractivity contribution in [3.8, 4) is 0 Å². The molecular formula is C20H35O3-. The number of hydrogen-bond acceptors (Lipinski definition) is 3. The van der Waals surface area contributed by atoms with Crippen LogP contribution in [0.5, 0.6) is 0 Å². The van der Waals surface area contributed by atoms with E-state index in [-0.39, 0.29) is 12.5 Å². The summed E-state index contributed by atoms with van der Waals surface area (Å²) in [4.78, 5) is 10.2. The molecule has 0 aromatic carbocycles. The van der Waals surface area contributed by atoms with Gasteiger partial charge in [-0.05, 0) is 51.4 Å². The summed E-state index contributed by atoms with van der Waals surface area (Å²) in [6.07, 6.45) is 21.0. The zero-order valence-corrected chi connectivity index (χ0v) is 14.8. The fourth-order valence-corrected chi connectivity index (χ4v) is 2.48. The number of rotatable bonds is 16. The molecule has 23 heavy (non-hydrogen) atoms. The van der Waals surface area contributed by atoms with Crippen molar-refractivity contribution < 1.29 is 15.0 Å². The third-order valence-corrected chi connectivity index (χ3v) is 3.90. The summed E-state index contributed by atoms with van der Waals surface area (Å²) in [6, 6.07) is 0. The van der Waals surface area contributed by atoms with Gasteiger partial charge < -0.3 is 15.0 Å². The van der Waals surface area contributed by atoms with E-state index in [1.165, 1.54) is 25.7 Å². The summed E-state index contributed by atoms with van der Waals surface area (Å²) in [5.41, 5.74) is 0. The normalized spacial score (nSPS) is 13.1. The second-order valence-electron chi connectivity index (χ2n) is 6.20. The number of hydrogen-bond donors (Lipinski definition) is 1. The highest BCUT2D eigenvalue weighted by atomic mass is 16.4. The molecule has 0 saturated carbocycles. The lowest BCUT2D eigenvalue weighted by Crippen LogP contribution is -2.21. The average Bonchev–Trinajstić information content (AvgIpc) is 2.52. The SMILES string of the molecule is CC/C=C\CCC(O)C/C=C\CCCCCCCCCC(=O)[O-]. The van der Waals surface area contributed by atoms with Gasteiger partial charge >= 0.3 is 0 Å². The van der Waals surface area contributed by atoms with Crippen molar-refractivity contribution in [2.75, 3.05) is 0 Å². The lowest BCUT2D eigenvalue weighted by Gasteiger charge is -2.05. The van der Waals surface area contributed by atoms with Crippen LogP contribution in [0, 0.1) is 0 Å². The highest BCUT2D eigenvalue weighted by Gasteiger charge is 1.99. The molecule has 0 aromatic rings. The Morgan fingerprint density at radius 3 is 2.17 bits per heavy atom. The highest BCUT2D eigenvalue weighted by molar-refractivity contribution is 5.63. The number of carbonyl (C=O) groups is 1. The van der Waals surface area contributed by atoms with Gasteiger partial charge in [0.1, 0.15) is 0 Å². The first-order valence-corrected chi connectivity index (χ1v) is 9.34. The minimum Gasteiger partial charge on any atom is -0.550 e. The quantitative estimate of drug-likeness (QED) is 0.340. The molecule has 1 atom stereocenters. The number of allylic oxidation sites excluding steroid dienone is 3. The van der Waals surface area contributed by atoms with Crippen molar-refractivity contribution in [2.24, 2.45) is 0 Å². The second-order valence-corrected chi connectivity index (χ2v) is 6.20. The molecule has 0 aromatic heterocycles. The van der Waals surface area contributed by atoms with Gasteiger partial charge in [0.25, 0.3) is 0 Å². The van der Waals surface area contributed by atoms with Crippen LogP contribution < -0.4 is 5.11 Å². The maximum absolute atomic E-state index is 10.2. The molecule has 0 fully saturated rings. The van der Waals surface area contributed by atoms with E-state index in [4.69, 9.17) is 0 Å². The number of carboxylic acids is 1. The Kier molecular flexibility index (Phi) is 16.4. The summed E-state index contributed by atoms with van der Waals surface area (Å²) in [5, 5.41) is 20.0. The van der Waals surface area contributed by atoms with Gasteiger partial charge in [-0.15, -0.1) is 0 Å². The van der Waals surface area contributed by atoms with Crippen molar-refractivity contribution in [1.82, 2.24) is 0 Å². The molecule has 0 rings (SSSR count). The van der Waals surface area contributed by atoms with Gasteiger partial charge in [-0.3, -0.25) is 0 Å². The van der Waals surface area contributed by atoms with E-state index in [1.54, 1.807) is 0 Å². The summed E-state index contributed by atoms with van der Waals surface area (Å²) >= 11 is 0. The molecule has 0 amide bonds. The van der Waals surface area contributed by atoms with Crippen LogP contribution in [0.1, 0.15) is 90.4 Å². The Bertz CT molecular complexity index is 321. The minimum absolute atomic E-state index is 0.200. The third-order valence-electron chi connectivity index (χ3n) is 3.90. The van der Waals surface area contributed by atoms with Crippen LogP contribution in [-0.2, 0) is 4.79 Å². The number of unbranched alkanes of at least 4 members (excludes halogenated alkanes) is 7. The van der Waals surface area contributed by atoms with Crippen LogP contribution >= 0.6 is 0 Å².